The van der Waals surface area contributed by atoms with Gasteiger partial charge in [-0.1, -0.05) is 0 Å². The zero-order valence-electron chi connectivity index (χ0n) is 9.05. The van der Waals surface area contributed by atoms with Crippen LogP contribution in [0.25, 0.3) is 0 Å². The van der Waals surface area contributed by atoms with E-state index in [-0.39, 0.29) is 6.04 Å². The fraction of sp³-hybridized carbons (Fsp3) is 0.600. The van der Waals surface area contributed by atoms with Crippen molar-refractivity contribution in [2.75, 3.05) is 18.1 Å². The van der Waals surface area contributed by atoms with Gasteiger partial charge in [0.05, 0.1) is 5.01 Å². The third-order valence-corrected chi connectivity index (χ3v) is 4.47. The van der Waals surface area contributed by atoms with Crippen LogP contribution in [0, 0.1) is 6.92 Å². The molecule has 0 spiro atoms. The summed E-state index contributed by atoms with van der Waals surface area (Å²) in [5.74, 6) is 0.989. The summed E-state index contributed by atoms with van der Waals surface area (Å²) in [5, 5.41) is 10.2. The number of aryl methyl sites for hydroxylation is 1. The molecular weight excluding hydrogens is 244 g/mol. The quantitative estimate of drug-likeness (QED) is 0.889. The van der Waals surface area contributed by atoms with Gasteiger partial charge in [-0.05, 0) is 6.92 Å². The molecule has 88 valence electrons. The molecule has 6 heteroatoms. The molecule has 2 heterocycles. The van der Waals surface area contributed by atoms with E-state index in [2.05, 4.69) is 4.98 Å². The molecule has 0 aliphatic carbocycles. The van der Waals surface area contributed by atoms with E-state index >= 15 is 0 Å². The Hall–Kier alpha value is -0.590. The predicted molar refractivity (Wildman–Crippen MR) is 66.0 cm³/mol. The smallest absolute Gasteiger partial charge is 0.321 e. The molecule has 1 aromatic rings. The van der Waals surface area contributed by atoms with Crippen molar-refractivity contribution < 1.29 is 9.90 Å². The molecular formula is C10H14N2O2S2. The lowest BCUT2D eigenvalue weighted by atomic mass is 10.2. The molecule has 16 heavy (non-hydrogen) atoms. The topological polar surface area (TPSA) is 53.4 Å². The highest BCUT2D eigenvalue weighted by atomic mass is 32.2. The SMILES string of the molecule is Cc1ncc(CN2CCSCC2C(=O)O)s1. The van der Waals surface area contributed by atoms with Crippen LogP contribution in [-0.4, -0.2) is 45.1 Å². The Labute approximate surface area is 103 Å². The first-order valence-electron chi connectivity index (χ1n) is 5.12. The zero-order chi connectivity index (χ0) is 11.5. The summed E-state index contributed by atoms with van der Waals surface area (Å²) in [6, 6.07) is -0.346. The van der Waals surface area contributed by atoms with Crippen LogP contribution in [0.5, 0.6) is 0 Å². The Bertz CT molecular complexity index is 381. The van der Waals surface area contributed by atoms with Crippen molar-refractivity contribution in [2.24, 2.45) is 0 Å². The van der Waals surface area contributed by atoms with Crippen molar-refractivity contribution in [1.29, 1.82) is 0 Å². The molecule has 1 N–H and O–H groups in total. The minimum atomic E-state index is -0.714. The van der Waals surface area contributed by atoms with Gasteiger partial charge in [0.25, 0.3) is 0 Å². The van der Waals surface area contributed by atoms with Gasteiger partial charge in [0.1, 0.15) is 6.04 Å². The average Bonchev–Trinajstić information content (AvgIpc) is 2.64. The fourth-order valence-corrected chi connectivity index (χ4v) is 3.66. The number of thioether (sulfide) groups is 1. The molecule has 1 aliphatic heterocycles. The van der Waals surface area contributed by atoms with Gasteiger partial charge < -0.3 is 5.11 Å². The van der Waals surface area contributed by atoms with E-state index < -0.39 is 5.97 Å². The summed E-state index contributed by atoms with van der Waals surface area (Å²) in [7, 11) is 0. The van der Waals surface area contributed by atoms with Crippen LogP contribution >= 0.6 is 23.1 Å². The monoisotopic (exact) mass is 258 g/mol. The molecule has 0 saturated carbocycles. The van der Waals surface area contributed by atoms with Crippen LogP contribution in [0.1, 0.15) is 9.88 Å². The van der Waals surface area contributed by atoms with E-state index in [0.29, 0.717) is 12.3 Å². The number of nitrogens with zero attached hydrogens (tertiary/aromatic N) is 2. The number of carbonyl (C=O) groups is 1. The molecule has 2 rings (SSSR count). The number of hydrogen-bond acceptors (Lipinski definition) is 5. The lowest BCUT2D eigenvalue weighted by Gasteiger charge is -2.31. The standard InChI is InChI=1S/C10H14N2O2S2/c1-7-11-4-8(16-7)5-12-2-3-15-6-9(12)10(13)14/h4,9H,2-3,5-6H2,1H3,(H,13,14). The molecule has 0 bridgehead atoms. The highest BCUT2D eigenvalue weighted by Crippen LogP contribution is 2.21. The Morgan fingerprint density at radius 3 is 3.19 bits per heavy atom. The second-order valence-corrected chi connectivity index (χ2v) is 6.21. The molecule has 0 radical (unpaired) electrons. The van der Waals surface area contributed by atoms with Crippen molar-refractivity contribution in [3.8, 4) is 0 Å². The third-order valence-electron chi connectivity index (χ3n) is 2.55. The summed E-state index contributed by atoms with van der Waals surface area (Å²) < 4.78 is 0. The van der Waals surface area contributed by atoms with E-state index in [4.69, 9.17) is 5.11 Å². The van der Waals surface area contributed by atoms with Crippen LogP contribution in [-0.2, 0) is 11.3 Å². The van der Waals surface area contributed by atoms with E-state index in [1.807, 2.05) is 18.0 Å². The molecule has 0 amide bonds. The molecule has 1 unspecified atom stereocenters. The number of hydrogen-bond donors (Lipinski definition) is 1. The van der Waals surface area contributed by atoms with Crippen LogP contribution < -0.4 is 0 Å². The van der Waals surface area contributed by atoms with Crippen LogP contribution in [0.4, 0.5) is 0 Å². The molecule has 1 aromatic heterocycles. The number of thiazole rings is 1. The third kappa shape index (κ3) is 2.75. The van der Waals surface area contributed by atoms with Crippen molar-refractivity contribution in [3.63, 3.8) is 0 Å². The van der Waals surface area contributed by atoms with E-state index in [1.54, 1.807) is 23.1 Å². The van der Waals surface area contributed by atoms with Crippen LogP contribution in [0.15, 0.2) is 6.20 Å². The first-order chi connectivity index (χ1) is 7.66. The number of aromatic nitrogens is 1. The van der Waals surface area contributed by atoms with Gasteiger partial charge in [-0.2, -0.15) is 11.8 Å². The zero-order valence-corrected chi connectivity index (χ0v) is 10.7. The summed E-state index contributed by atoms with van der Waals surface area (Å²) in [4.78, 5) is 18.5. The number of carboxylic acids is 1. The highest BCUT2D eigenvalue weighted by Gasteiger charge is 2.28. The van der Waals surface area contributed by atoms with E-state index in [9.17, 15) is 4.79 Å². The predicted octanol–water partition coefficient (Wildman–Crippen LogP) is 1.45. The van der Waals surface area contributed by atoms with Gasteiger partial charge in [-0.15, -0.1) is 11.3 Å². The maximum absolute atomic E-state index is 11.1. The van der Waals surface area contributed by atoms with Crippen molar-refractivity contribution in [3.05, 3.63) is 16.1 Å². The Balaban J connectivity index is 2.03. The van der Waals surface area contributed by atoms with Gasteiger partial charge in [0.2, 0.25) is 0 Å². The Morgan fingerprint density at radius 1 is 1.75 bits per heavy atom. The second-order valence-electron chi connectivity index (χ2n) is 3.75. The molecule has 1 saturated heterocycles. The number of carboxylic acid groups (broad SMARTS) is 1. The largest absolute Gasteiger partial charge is 0.480 e. The first-order valence-corrected chi connectivity index (χ1v) is 7.10. The van der Waals surface area contributed by atoms with Gasteiger partial charge in [0, 0.05) is 35.7 Å². The average molecular weight is 258 g/mol. The number of aliphatic carboxylic acids is 1. The molecule has 4 nitrogen and oxygen atoms in total. The first kappa shape index (κ1) is 11.9. The van der Waals surface area contributed by atoms with Gasteiger partial charge >= 0.3 is 5.97 Å². The van der Waals surface area contributed by atoms with Gasteiger partial charge in [0.15, 0.2) is 0 Å². The normalized spacial score (nSPS) is 22.2. The molecule has 1 fully saturated rings. The molecule has 1 atom stereocenters. The fourth-order valence-electron chi connectivity index (χ4n) is 1.73. The molecule has 1 aliphatic rings. The Morgan fingerprint density at radius 2 is 2.56 bits per heavy atom. The highest BCUT2D eigenvalue weighted by molar-refractivity contribution is 7.99. The number of rotatable bonds is 3. The Kier molecular flexibility index (Phi) is 3.83. The van der Waals surface area contributed by atoms with Crippen LogP contribution in [0.3, 0.4) is 0 Å². The summed E-state index contributed by atoms with van der Waals surface area (Å²) >= 11 is 3.36. The van der Waals surface area contributed by atoms with Gasteiger partial charge in [-0.25, -0.2) is 4.98 Å². The summed E-state index contributed by atoms with van der Waals surface area (Å²) in [6.45, 7) is 3.52. The van der Waals surface area contributed by atoms with Gasteiger partial charge in [-0.3, -0.25) is 9.69 Å². The maximum atomic E-state index is 11.1. The van der Waals surface area contributed by atoms with Crippen molar-refractivity contribution in [1.82, 2.24) is 9.88 Å². The van der Waals surface area contributed by atoms with E-state index in [0.717, 1.165) is 22.2 Å². The maximum Gasteiger partial charge on any atom is 0.321 e. The van der Waals surface area contributed by atoms with E-state index in [1.165, 1.54) is 0 Å². The minimum absolute atomic E-state index is 0.346. The van der Waals surface area contributed by atoms with Crippen molar-refractivity contribution >= 4 is 29.1 Å². The lowest BCUT2D eigenvalue weighted by molar-refractivity contribution is -0.142. The summed E-state index contributed by atoms with van der Waals surface area (Å²) in [5.41, 5.74) is 0. The van der Waals surface area contributed by atoms with Crippen molar-refractivity contribution in [2.45, 2.75) is 19.5 Å². The summed E-state index contributed by atoms with van der Waals surface area (Å²) in [6.07, 6.45) is 1.85. The minimum Gasteiger partial charge on any atom is -0.480 e. The lowest BCUT2D eigenvalue weighted by Crippen LogP contribution is -2.46. The van der Waals surface area contributed by atoms with Crippen LogP contribution in [0.2, 0.25) is 0 Å². The molecule has 0 aromatic carbocycles. The second kappa shape index (κ2) is 5.16.